The molecule has 2 amide bonds. The molecule has 1 aromatic heterocycles. The number of hydrogen-bond acceptors (Lipinski definition) is 3. The molecule has 0 saturated carbocycles. The van der Waals surface area contributed by atoms with Gasteiger partial charge in [0.25, 0.3) is 0 Å². The molecule has 104 valence electrons. The molecule has 0 unspecified atom stereocenters. The summed E-state index contributed by atoms with van der Waals surface area (Å²) in [6.45, 7) is 1.41. The fraction of sp³-hybridized carbons (Fsp3) is 0.500. The normalized spacial score (nSPS) is 19.2. The van der Waals surface area contributed by atoms with Crippen LogP contribution in [0, 0.1) is 5.92 Å². The average molecular weight is 347 g/mol. The number of aliphatic carboxylic acids is 1. The predicted molar refractivity (Wildman–Crippen MR) is 76.2 cm³/mol. The highest BCUT2D eigenvalue weighted by molar-refractivity contribution is 9.10. The van der Waals surface area contributed by atoms with E-state index in [2.05, 4.69) is 21.2 Å². The van der Waals surface area contributed by atoms with Gasteiger partial charge in [0.05, 0.1) is 12.5 Å². The minimum absolute atomic E-state index is 0.185. The Kier molecular flexibility index (Phi) is 4.81. The zero-order valence-corrected chi connectivity index (χ0v) is 12.7. The van der Waals surface area contributed by atoms with Gasteiger partial charge in [-0.3, -0.25) is 4.79 Å². The Morgan fingerprint density at radius 3 is 3.00 bits per heavy atom. The molecule has 1 aliphatic heterocycles. The number of carbonyl (C=O) groups excluding carboxylic acids is 1. The second-order valence-electron chi connectivity index (χ2n) is 4.51. The monoisotopic (exact) mass is 346 g/mol. The van der Waals surface area contributed by atoms with Gasteiger partial charge in [-0.1, -0.05) is 0 Å². The minimum Gasteiger partial charge on any atom is -0.481 e. The summed E-state index contributed by atoms with van der Waals surface area (Å²) in [6, 6.07) is 1.77. The number of carboxylic acids is 1. The SMILES string of the molecule is O=C(O)[C@@H]1CCCN(C(=O)NCc2cc(Br)cs2)C1. The van der Waals surface area contributed by atoms with Gasteiger partial charge in [-0.25, -0.2) is 4.79 Å². The van der Waals surface area contributed by atoms with Crippen LogP contribution in [-0.2, 0) is 11.3 Å². The van der Waals surface area contributed by atoms with Crippen molar-refractivity contribution in [2.24, 2.45) is 5.92 Å². The molecule has 2 N–H and O–H groups in total. The maximum Gasteiger partial charge on any atom is 0.317 e. The molecule has 7 heteroatoms. The molecule has 1 aromatic rings. The number of hydrogen-bond donors (Lipinski definition) is 2. The molecule has 0 spiro atoms. The van der Waals surface area contributed by atoms with Crippen molar-refractivity contribution in [1.29, 1.82) is 0 Å². The van der Waals surface area contributed by atoms with Crippen LogP contribution in [0.4, 0.5) is 4.79 Å². The van der Waals surface area contributed by atoms with E-state index in [1.807, 2.05) is 11.4 Å². The fourth-order valence-corrected chi connectivity index (χ4v) is 3.47. The molecular formula is C12H15BrN2O3S. The van der Waals surface area contributed by atoms with E-state index in [4.69, 9.17) is 5.11 Å². The van der Waals surface area contributed by atoms with Crippen molar-refractivity contribution < 1.29 is 14.7 Å². The van der Waals surface area contributed by atoms with Gasteiger partial charge in [0, 0.05) is 27.8 Å². The molecule has 5 nitrogen and oxygen atoms in total. The van der Waals surface area contributed by atoms with Crippen LogP contribution in [0.1, 0.15) is 17.7 Å². The summed E-state index contributed by atoms with van der Waals surface area (Å²) in [5.74, 6) is -1.25. The third-order valence-corrected chi connectivity index (χ3v) is 4.79. The van der Waals surface area contributed by atoms with Crippen molar-refractivity contribution in [1.82, 2.24) is 10.2 Å². The average Bonchev–Trinajstić information content (AvgIpc) is 2.82. The number of likely N-dealkylation sites (tertiary alicyclic amines) is 1. The highest BCUT2D eigenvalue weighted by Crippen LogP contribution is 2.20. The minimum atomic E-state index is -0.820. The third-order valence-electron chi connectivity index (χ3n) is 3.09. The largest absolute Gasteiger partial charge is 0.481 e. The first kappa shape index (κ1) is 14.3. The lowest BCUT2D eigenvalue weighted by atomic mass is 9.99. The zero-order valence-electron chi connectivity index (χ0n) is 10.3. The summed E-state index contributed by atoms with van der Waals surface area (Å²) in [7, 11) is 0. The van der Waals surface area contributed by atoms with E-state index < -0.39 is 11.9 Å². The van der Waals surface area contributed by atoms with E-state index in [1.165, 1.54) is 0 Å². The maximum absolute atomic E-state index is 12.0. The van der Waals surface area contributed by atoms with Crippen LogP contribution in [0.25, 0.3) is 0 Å². The zero-order chi connectivity index (χ0) is 13.8. The summed E-state index contributed by atoms with van der Waals surface area (Å²) in [4.78, 5) is 25.6. The van der Waals surface area contributed by atoms with Gasteiger partial charge in [-0.15, -0.1) is 11.3 Å². The molecular weight excluding hydrogens is 332 g/mol. The molecule has 2 heterocycles. The van der Waals surface area contributed by atoms with Crippen molar-refractivity contribution in [2.45, 2.75) is 19.4 Å². The number of rotatable bonds is 3. The highest BCUT2D eigenvalue weighted by atomic mass is 79.9. The fourth-order valence-electron chi connectivity index (χ4n) is 2.08. The van der Waals surface area contributed by atoms with Crippen LogP contribution >= 0.6 is 27.3 Å². The van der Waals surface area contributed by atoms with Gasteiger partial charge in [0.1, 0.15) is 0 Å². The second-order valence-corrected chi connectivity index (χ2v) is 6.42. The quantitative estimate of drug-likeness (QED) is 0.883. The van der Waals surface area contributed by atoms with Gasteiger partial charge in [-0.2, -0.15) is 0 Å². The van der Waals surface area contributed by atoms with Gasteiger partial charge in [0.15, 0.2) is 0 Å². The number of carboxylic acid groups (broad SMARTS) is 1. The number of thiophene rings is 1. The summed E-state index contributed by atoms with van der Waals surface area (Å²) in [5.41, 5.74) is 0. The number of halogens is 1. The van der Waals surface area contributed by atoms with Crippen LogP contribution in [0.2, 0.25) is 0 Å². The number of nitrogens with one attached hydrogen (secondary N) is 1. The summed E-state index contributed by atoms with van der Waals surface area (Å²) >= 11 is 4.93. The van der Waals surface area contributed by atoms with Gasteiger partial charge in [-0.05, 0) is 34.8 Å². The third kappa shape index (κ3) is 3.94. The Labute approximate surface area is 123 Å². The van der Waals surface area contributed by atoms with Gasteiger partial charge in [0.2, 0.25) is 0 Å². The van der Waals surface area contributed by atoms with E-state index in [1.54, 1.807) is 16.2 Å². The first-order valence-corrected chi connectivity index (χ1v) is 7.72. The summed E-state index contributed by atoms with van der Waals surface area (Å²) in [5, 5.41) is 13.8. The topological polar surface area (TPSA) is 69.6 Å². The molecule has 19 heavy (non-hydrogen) atoms. The molecule has 0 bridgehead atoms. The van der Waals surface area contributed by atoms with E-state index >= 15 is 0 Å². The molecule has 0 aromatic carbocycles. The molecule has 0 aliphatic carbocycles. The first-order chi connectivity index (χ1) is 9.06. The van der Waals surface area contributed by atoms with E-state index in [9.17, 15) is 9.59 Å². The number of piperidine rings is 1. The number of carbonyl (C=O) groups is 2. The summed E-state index contributed by atoms with van der Waals surface area (Å²) in [6.07, 6.45) is 1.39. The number of nitrogens with zero attached hydrogens (tertiary/aromatic N) is 1. The Morgan fingerprint density at radius 2 is 2.37 bits per heavy atom. The molecule has 1 fully saturated rings. The van der Waals surface area contributed by atoms with Crippen molar-refractivity contribution >= 4 is 39.3 Å². The van der Waals surface area contributed by atoms with Crippen LogP contribution in [-0.4, -0.2) is 35.1 Å². The van der Waals surface area contributed by atoms with Gasteiger partial charge >= 0.3 is 12.0 Å². The van der Waals surface area contributed by atoms with Crippen LogP contribution < -0.4 is 5.32 Å². The number of urea groups is 1. The van der Waals surface area contributed by atoms with Crippen LogP contribution in [0.5, 0.6) is 0 Å². The van der Waals surface area contributed by atoms with Crippen molar-refractivity contribution in [2.75, 3.05) is 13.1 Å². The Balaban J connectivity index is 1.84. The smallest absolute Gasteiger partial charge is 0.317 e. The van der Waals surface area contributed by atoms with Crippen molar-refractivity contribution in [3.05, 3.63) is 20.8 Å². The van der Waals surface area contributed by atoms with E-state index in [-0.39, 0.29) is 6.03 Å². The summed E-state index contributed by atoms with van der Waals surface area (Å²) < 4.78 is 1.01. The lowest BCUT2D eigenvalue weighted by Gasteiger charge is -2.30. The van der Waals surface area contributed by atoms with E-state index in [0.717, 1.165) is 15.8 Å². The predicted octanol–water partition coefficient (Wildman–Crippen LogP) is 2.52. The highest BCUT2D eigenvalue weighted by Gasteiger charge is 2.27. The molecule has 1 atom stereocenters. The number of amides is 2. The second kappa shape index (κ2) is 6.38. The van der Waals surface area contributed by atoms with Crippen LogP contribution in [0.3, 0.4) is 0 Å². The molecule has 1 saturated heterocycles. The van der Waals surface area contributed by atoms with E-state index in [0.29, 0.717) is 26.1 Å². The first-order valence-electron chi connectivity index (χ1n) is 6.05. The standard InChI is InChI=1S/C12H15BrN2O3S/c13-9-4-10(19-7-9)5-14-12(18)15-3-1-2-8(6-15)11(16)17/h4,7-8H,1-3,5-6H2,(H,14,18)(H,16,17)/t8-/m1/s1. The Morgan fingerprint density at radius 1 is 1.58 bits per heavy atom. The lowest BCUT2D eigenvalue weighted by Crippen LogP contribution is -2.46. The molecule has 0 radical (unpaired) electrons. The molecule has 2 rings (SSSR count). The Bertz CT molecular complexity index is 477. The van der Waals surface area contributed by atoms with Crippen LogP contribution in [0.15, 0.2) is 15.9 Å². The van der Waals surface area contributed by atoms with Crippen molar-refractivity contribution in [3.8, 4) is 0 Å². The maximum atomic E-state index is 12.0. The lowest BCUT2D eigenvalue weighted by molar-refractivity contribution is -0.143. The van der Waals surface area contributed by atoms with Gasteiger partial charge < -0.3 is 15.3 Å². The Hall–Kier alpha value is -1.08. The van der Waals surface area contributed by atoms with Crippen molar-refractivity contribution in [3.63, 3.8) is 0 Å². The molecule has 1 aliphatic rings.